The lowest BCUT2D eigenvalue weighted by molar-refractivity contribution is -0.132. The van der Waals surface area contributed by atoms with Crippen molar-refractivity contribution in [1.82, 2.24) is 19.9 Å². The van der Waals surface area contributed by atoms with Crippen LogP contribution in [0.4, 0.5) is 11.9 Å². The number of anilines is 2. The van der Waals surface area contributed by atoms with Crippen LogP contribution in [0.3, 0.4) is 0 Å². The molecule has 2 rings (SSSR count). The second kappa shape index (κ2) is 4.70. The normalized spacial score (nSPS) is 20.5. The predicted octanol–water partition coefficient (Wildman–Crippen LogP) is 0.140. The number of halogens is 1. The molecule has 1 aromatic rings. The monoisotopic (exact) mass is 256 g/mol. The highest BCUT2D eigenvalue weighted by atomic mass is 35.5. The van der Waals surface area contributed by atoms with Crippen molar-refractivity contribution in [3.8, 4) is 0 Å². The fourth-order valence-corrected chi connectivity index (χ4v) is 1.91. The molecule has 7 nitrogen and oxygen atoms in total. The number of carbonyl (C=O) groups is 1. The van der Waals surface area contributed by atoms with Gasteiger partial charge < -0.3 is 16.0 Å². The van der Waals surface area contributed by atoms with Gasteiger partial charge in [-0.2, -0.15) is 15.0 Å². The van der Waals surface area contributed by atoms with Gasteiger partial charge in [-0.25, -0.2) is 0 Å². The quantitative estimate of drug-likeness (QED) is 0.781. The highest BCUT2D eigenvalue weighted by Gasteiger charge is 2.23. The van der Waals surface area contributed by atoms with Crippen LogP contribution >= 0.6 is 11.6 Å². The lowest BCUT2D eigenvalue weighted by Crippen LogP contribution is -2.43. The molecule has 1 aliphatic heterocycles. The molecule has 2 heterocycles. The van der Waals surface area contributed by atoms with E-state index >= 15 is 0 Å². The molecule has 8 heteroatoms. The van der Waals surface area contributed by atoms with Crippen molar-refractivity contribution in [1.29, 1.82) is 0 Å². The highest BCUT2D eigenvalue weighted by molar-refractivity contribution is 6.28. The molecule has 0 saturated carbocycles. The maximum absolute atomic E-state index is 11.3. The molecule has 1 saturated heterocycles. The number of nitrogens with one attached hydrogen (secondary N) is 1. The molecule has 1 atom stereocenters. The van der Waals surface area contributed by atoms with E-state index < -0.39 is 0 Å². The van der Waals surface area contributed by atoms with Gasteiger partial charge in [-0.15, -0.1) is 0 Å². The molecule has 0 spiro atoms. The number of nitrogens with zero attached hydrogens (tertiary/aromatic N) is 4. The summed E-state index contributed by atoms with van der Waals surface area (Å²) < 4.78 is 0. The second-order valence-electron chi connectivity index (χ2n) is 3.94. The van der Waals surface area contributed by atoms with E-state index in [1.807, 2.05) is 0 Å². The molecule has 0 aromatic carbocycles. The Bertz CT molecular complexity index is 419. The van der Waals surface area contributed by atoms with Crippen LogP contribution < -0.4 is 11.1 Å². The molecule has 0 aliphatic carbocycles. The molecule has 0 radical (unpaired) electrons. The number of hydrogen-bond donors (Lipinski definition) is 2. The summed E-state index contributed by atoms with van der Waals surface area (Å²) in [5.41, 5.74) is 5.46. The van der Waals surface area contributed by atoms with Crippen molar-refractivity contribution in [2.24, 2.45) is 0 Å². The third-order valence-electron chi connectivity index (χ3n) is 2.59. The first-order valence-corrected chi connectivity index (χ1v) is 5.60. The zero-order valence-corrected chi connectivity index (χ0v) is 10.1. The van der Waals surface area contributed by atoms with Crippen LogP contribution in [0, 0.1) is 0 Å². The number of nitrogen functional groups attached to an aromatic ring is 1. The van der Waals surface area contributed by atoms with Gasteiger partial charge in [0.15, 0.2) is 0 Å². The van der Waals surface area contributed by atoms with Gasteiger partial charge in [-0.1, -0.05) is 0 Å². The Morgan fingerprint density at radius 1 is 1.47 bits per heavy atom. The molecule has 17 heavy (non-hydrogen) atoms. The fourth-order valence-electron chi connectivity index (χ4n) is 1.74. The van der Waals surface area contributed by atoms with E-state index in [0.29, 0.717) is 18.9 Å². The first kappa shape index (κ1) is 11.8. The van der Waals surface area contributed by atoms with Gasteiger partial charge >= 0.3 is 0 Å². The van der Waals surface area contributed by atoms with E-state index in [0.717, 1.165) is 6.42 Å². The lowest BCUT2D eigenvalue weighted by Gasteiger charge is -2.30. The second-order valence-corrected chi connectivity index (χ2v) is 4.28. The minimum absolute atomic E-state index is 0.0558. The Morgan fingerprint density at radius 3 is 2.88 bits per heavy atom. The first-order chi connectivity index (χ1) is 8.04. The summed E-state index contributed by atoms with van der Waals surface area (Å²) in [4.78, 5) is 24.5. The molecule has 0 bridgehead atoms. The fraction of sp³-hybridized carbons (Fsp3) is 0.556. The van der Waals surface area contributed by atoms with Crippen molar-refractivity contribution < 1.29 is 4.79 Å². The molecule has 1 amide bonds. The highest BCUT2D eigenvalue weighted by Crippen LogP contribution is 2.14. The number of likely N-dealkylation sites (tertiary alicyclic amines) is 1. The molecule has 92 valence electrons. The van der Waals surface area contributed by atoms with Gasteiger partial charge in [0.25, 0.3) is 0 Å². The average Bonchev–Trinajstić information content (AvgIpc) is 2.22. The number of aromatic nitrogens is 3. The van der Waals surface area contributed by atoms with E-state index in [2.05, 4.69) is 20.3 Å². The van der Waals surface area contributed by atoms with Gasteiger partial charge in [0.1, 0.15) is 0 Å². The molecule has 3 N–H and O–H groups in total. The van der Waals surface area contributed by atoms with Crippen LogP contribution in [0.2, 0.25) is 5.28 Å². The van der Waals surface area contributed by atoms with Crippen molar-refractivity contribution in [3.05, 3.63) is 5.28 Å². The van der Waals surface area contributed by atoms with E-state index in [1.165, 1.54) is 0 Å². The van der Waals surface area contributed by atoms with Crippen LogP contribution in [-0.2, 0) is 4.79 Å². The summed E-state index contributed by atoms with van der Waals surface area (Å²) in [5.74, 6) is 0.569. The summed E-state index contributed by atoms with van der Waals surface area (Å²) in [7, 11) is 1.77. The molecule has 1 unspecified atom stereocenters. The Kier molecular flexibility index (Phi) is 3.28. The lowest BCUT2D eigenvalue weighted by atomic mass is 10.1. The maximum Gasteiger partial charge on any atom is 0.229 e. The number of rotatable bonds is 2. The largest absolute Gasteiger partial charge is 0.368 e. The minimum Gasteiger partial charge on any atom is -0.368 e. The number of amides is 1. The third-order valence-corrected chi connectivity index (χ3v) is 2.75. The van der Waals surface area contributed by atoms with Gasteiger partial charge in [-0.3, -0.25) is 4.79 Å². The zero-order valence-electron chi connectivity index (χ0n) is 9.35. The molecule has 1 aromatic heterocycles. The van der Waals surface area contributed by atoms with E-state index in [-0.39, 0.29) is 23.2 Å². The minimum atomic E-state index is 0.0558. The number of carbonyl (C=O) groups excluding carboxylic acids is 1. The van der Waals surface area contributed by atoms with Crippen LogP contribution in [0.25, 0.3) is 0 Å². The summed E-state index contributed by atoms with van der Waals surface area (Å²) in [6.07, 6.45) is 1.26. The van der Waals surface area contributed by atoms with Crippen LogP contribution in [0.1, 0.15) is 12.8 Å². The summed E-state index contributed by atoms with van der Waals surface area (Å²) >= 11 is 5.67. The molecule has 1 fully saturated rings. The van der Waals surface area contributed by atoms with Crippen LogP contribution in [-0.4, -0.2) is 45.4 Å². The van der Waals surface area contributed by atoms with Crippen LogP contribution in [0.5, 0.6) is 0 Å². The summed E-state index contributed by atoms with van der Waals surface area (Å²) in [6.45, 7) is 0.613. The Balaban J connectivity index is 2.03. The van der Waals surface area contributed by atoms with Crippen molar-refractivity contribution in [3.63, 3.8) is 0 Å². The third kappa shape index (κ3) is 2.94. The molecular formula is C9H13ClN6O. The standard InChI is InChI=1S/C9H13ClN6O/c1-16-4-5(2-3-6(16)17)12-9-14-7(10)13-8(11)15-9/h5H,2-4H2,1H3,(H3,11,12,13,14,15). The molecular weight excluding hydrogens is 244 g/mol. The number of piperidine rings is 1. The number of nitrogens with two attached hydrogens (primary N) is 1. The number of hydrogen-bond acceptors (Lipinski definition) is 6. The topological polar surface area (TPSA) is 97.0 Å². The zero-order chi connectivity index (χ0) is 12.4. The smallest absolute Gasteiger partial charge is 0.229 e. The SMILES string of the molecule is CN1CC(Nc2nc(N)nc(Cl)n2)CCC1=O. The van der Waals surface area contributed by atoms with Crippen molar-refractivity contribution in [2.75, 3.05) is 24.6 Å². The van der Waals surface area contributed by atoms with E-state index in [4.69, 9.17) is 17.3 Å². The Labute approximate surface area is 103 Å². The van der Waals surface area contributed by atoms with Crippen molar-refractivity contribution in [2.45, 2.75) is 18.9 Å². The van der Waals surface area contributed by atoms with E-state index in [1.54, 1.807) is 11.9 Å². The van der Waals surface area contributed by atoms with Crippen molar-refractivity contribution >= 4 is 29.4 Å². The maximum atomic E-state index is 11.3. The first-order valence-electron chi connectivity index (χ1n) is 5.22. The Hall–Kier alpha value is -1.63. The predicted molar refractivity (Wildman–Crippen MR) is 63.5 cm³/mol. The Morgan fingerprint density at radius 2 is 2.24 bits per heavy atom. The summed E-state index contributed by atoms with van der Waals surface area (Å²) in [5, 5.41) is 3.15. The van der Waals surface area contributed by atoms with Gasteiger partial charge in [-0.05, 0) is 18.0 Å². The van der Waals surface area contributed by atoms with E-state index in [9.17, 15) is 4.79 Å². The molecule has 1 aliphatic rings. The van der Waals surface area contributed by atoms with Gasteiger partial charge in [0.05, 0.1) is 0 Å². The van der Waals surface area contributed by atoms with Crippen LogP contribution in [0.15, 0.2) is 0 Å². The van der Waals surface area contributed by atoms with Gasteiger partial charge in [0.2, 0.25) is 23.1 Å². The van der Waals surface area contributed by atoms with Gasteiger partial charge in [0, 0.05) is 26.1 Å². The summed E-state index contributed by atoms with van der Waals surface area (Å²) in [6, 6.07) is 0.107. The number of likely N-dealkylation sites (N-methyl/N-ethyl adjacent to an activating group) is 1. The average molecular weight is 257 g/mol.